The van der Waals surface area contributed by atoms with Crippen LogP contribution in [-0.2, 0) is 13.7 Å². The molecule has 108 valence electrons. The van der Waals surface area contributed by atoms with E-state index in [9.17, 15) is 0 Å². The van der Waals surface area contributed by atoms with Gasteiger partial charge in [0.05, 0.1) is 12.6 Å². The molecule has 21 heavy (non-hydrogen) atoms. The van der Waals surface area contributed by atoms with Crippen LogP contribution in [0.2, 0.25) is 0 Å². The van der Waals surface area contributed by atoms with Crippen LogP contribution >= 0.6 is 0 Å². The zero-order valence-corrected chi connectivity index (χ0v) is 12.0. The minimum absolute atomic E-state index is 0.362. The Hall–Kier alpha value is -2.69. The second-order valence-electron chi connectivity index (χ2n) is 4.79. The Bertz CT molecular complexity index is 780. The van der Waals surface area contributed by atoms with Crippen molar-refractivity contribution in [1.29, 1.82) is 0 Å². The minimum Gasteiger partial charge on any atom is -0.493 e. The zero-order chi connectivity index (χ0) is 14.8. The number of benzene rings is 2. The lowest BCUT2D eigenvalue weighted by Gasteiger charge is -2.10. The number of hydrogen-bond donors (Lipinski definition) is 1. The minimum atomic E-state index is 0.362. The molecule has 0 saturated carbocycles. The molecule has 0 spiro atoms. The van der Waals surface area contributed by atoms with Crippen molar-refractivity contribution in [2.75, 3.05) is 12.8 Å². The number of aryl methyl sites for hydroxylation is 1. The molecule has 0 atom stereocenters. The monoisotopic (exact) mass is 283 g/mol. The van der Waals surface area contributed by atoms with Gasteiger partial charge in [0.1, 0.15) is 12.3 Å². The number of anilines is 1. The first-order valence-electron chi connectivity index (χ1n) is 6.66. The average Bonchev–Trinajstić information content (AvgIpc) is 2.82. The number of nitrogens with two attached hydrogens (primary N) is 1. The molecule has 5 heteroatoms. The van der Waals surface area contributed by atoms with E-state index in [4.69, 9.17) is 15.2 Å². The lowest BCUT2D eigenvalue weighted by atomic mass is 10.2. The maximum absolute atomic E-state index is 5.84. The third-order valence-electron chi connectivity index (χ3n) is 3.39. The molecule has 1 heterocycles. The highest BCUT2D eigenvalue weighted by atomic mass is 16.5. The molecule has 0 bridgehead atoms. The Labute approximate surface area is 122 Å². The van der Waals surface area contributed by atoms with E-state index in [-0.39, 0.29) is 0 Å². The number of hydrogen-bond acceptors (Lipinski definition) is 4. The summed E-state index contributed by atoms with van der Waals surface area (Å²) in [5.74, 6) is 1.27. The topological polar surface area (TPSA) is 62.3 Å². The van der Waals surface area contributed by atoms with Crippen LogP contribution in [0.5, 0.6) is 11.5 Å². The number of para-hydroxylation sites is 1. The Balaban J connectivity index is 1.89. The van der Waals surface area contributed by atoms with Crippen LogP contribution < -0.4 is 15.2 Å². The van der Waals surface area contributed by atoms with E-state index in [1.807, 2.05) is 36.0 Å². The molecular formula is C16H17N3O2. The van der Waals surface area contributed by atoms with Crippen LogP contribution in [-0.4, -0.2) is 16.9 Å². The lowest BCUT2D eigenvalue weighted by molar-refractivity contribution is 0.281. The quantitative estimate of drug-likeness (QED) is 0.748. The van der Waals surface area contributed by atoms with Crippen molar-refractivity contribution in [3.63, 3.8) is 0 Å². The molecule has 2 aromatic carbocycles. The van der Waals surface area contributed by atoms with Gasteiger partial charge >= 0.3 is 0 Å². The van der Waals surface area contributed by atoms with Crippen molar-refractivity contribution in [3.05, 3.63) is 48.2 Å². The third-order valence-corrected chi connectivity index (χ3v) is 3.39. The number of rotatable bonds is 4. The van der Waals surface area contributed by atoms with Gasteiger partial charge in [-0.25, -0.2) is 0 Å². The van der Waals surface area contributed by atoms with E-state index in [1.165, 1.54) is 0 Å². The van der Waals surface area contributed by atoms with Crippen LogP contribution in [0, 0.1) is 0 Å². The van der Waals surface area contributed by atoms with Crippen molar-refractivity contribution < 1.29 is 9.47 Å². The Kier molecular flexibility index (Phi) is 3.39. The molecule has 0 aliphatic heterocycles. The molecule has 3 rings (SSSR count). The fraction of sp³-hybridized carbons (Fsp3) is 0.188. The largest absolute Gasteiger partial charge is 0.493 e. The van der Waals surface area contributed by atoms with Gasteiger partial charge < -0.3 is 15.2 Å². The molecule has 0 fully saturated rings. The summed E-state index contributed by atoms with van der Waals surface area (Å²) in [5.41, 5.74) is 8.39. The maximum atomic E-state index is 5.84. The van der Waals surface area contributed by atoms with Gasteiger partial charge in [0.2, 0.25) is 0 Å². The molecule has 0 aliphatic carbocycles. The zero-order valence-electron chi connectivity index (χ0n) is 12.0. The molecule has 1 aromatic heterocycles. The van der Waals surface area contributed by atoms with E-state index >= 15 is 0 Å². The predicted octanol–water partition coefficient (Wildman–Crippen LogP) is 2.74. The van der Waals surface area contributed by atoms with Gasteiger partial charge in [-0.2, -0.15) is 5.10 Å². The summed E-state index contributed by atoms with van der Waals surface area (Å²) in [7, 11) is 3.53. The van der Waals surface area contributed by atoms with Gasteiger partial charge in [-0.15, -0.1) is 0 Å². The van der Waals surface area contributed by atoms with Crippen molar-refractivity contribution in [3.8, 4) is 11.5 Å². The summed E-state index contributed by atoms with van der Waals surface area (Å²) in [6.07, 6.45) is 0. The number of nitrogen functional groups attached to an aromatic ring is 1. The van der Waals surface area contributed by atoms with Gasteiger partial charge in [0.15, 0.2) is 11.5 Å². The Morgan fingerprint density at radius 3 is 2.76 bits per heavy atom. The summed E-state index contributed by atoms with van der Waals surface area (Å²) >= 11 is 0. The van der Waals surface area contributed by atoms with Crippen LogP contribution in [0.4, 0.5) is 5.69 Å². The first-order valence-corrected chi connectivity index (χ1v) is 6.66. The molecule has 0 saturated heterocycles. The maximum Gasteiger partial charge on any atom is 0.163 e. The highest BCUT2D eigenvalue weighted by molar-refractivity contribution is 5.81. The van der Waals surface area contributed by atoms with Crippen molar-refractivity contribution >= 4 is 16.6 Å². The molecular weight excluding hydrogens is 266 g/mol. The molecule has 0 radical (unpaired) electrons. The van der Waals surface area contributed by atoms with E-state index in [1.54, 1.807) is 25.3 Å². The molecule has 0 aliphatic rings. The van der Waals surface area contributed by atoms with E-state index in [0.29, 0.717) is 23.8 Å². The smallest absolute Gasteiger partial charge is 0.163 e. The molecule has 5 nitrogen and oxygen atoms in total. The summed E-state index contributed by atoms with van der Waals surface area (Å²) in [4.78, 5) is 0. The fourth-order valence-corrected chi connectivity index (χ4v) is 2.35. The number of aromatic nitrogens is 2. The normalized spacial score (nSPS) is 10.8. The molecule has 0 unspecified atom stereocenters. The van der Waals surface area contributed by atoms with Crippen LogP contribution in [0.3, 0.4) is 0 Å². The lowest BCUT2D eigenvalue weighted by Crippen LogP contribution is -2.00. The van der Waals surface area contributed by atoms with E-state index < -0.39 is 0 Å². The Morgan fingerprint density at radius 1 is 1.14 bits per heavy atom. The van der Waals surface area contributed by atoms with Gasteiger partial charge in [-0.05, 0) is 18.2 Å². The van der Waals surface area contributed by atoms with Crippen LogP contribution in [0.25, 0.3) is 10.9 Å². The average molecular weight is 283 g/mol. The summed E-state index contributed by atoms with van der Waals surface area (Å²) in [6, 6.07) is 13.4. The second-order valence-corrected chi connectivity index (χ2v) is 4.79. The predicted molar refractivity (Wildman–Crippen MR) is 82.5 cm³/mol. The number of methoxy groups -OCH3 is 1. The van der Waals surface area contributed by atoms with E-state index in [0.717, 1.165) is 16.6 Å². The molecule has 2 N–H and O–H groups in total. The van der Waals surface area contributed by atoms with Crippen molar-refractivity contribution in [2.45, 2.75) is 6.61 Å². The standard InChI is InChI=1S/C16H17N3O2/c1-19-14-6-4-3-5-12(14)13(18-19)10-21-16-9-11(17)7-8-15(16)20-2/h3-9H,10,17H2,1-2H3. The first-order chi connectivity index (χ1) is 10.2. The first kappa shape index (κ1) is 13.3. The van der Waals surface area contributed by atoms with Crippen LogP contribution in [0.15, 0.2) is 42.5 Å². The van der Waals surface area contributed by atoms with Gasteiger partial charge in [-0.3, -0.25) is 4.68 Å². The summed E-state index contributed by atoms with van der Waals surface area (Å²) in [5, 5.41) is 5.59. The number of ether oxygens (including phenoxy) is 2. The fourth-order valence-electron chi connectivity index (χ4n) is 2.35. The van der Waals surface area contributed by atoms with Crippen molar-refractivity contribution in [1.82, 2.24) is 9.78 Å². The Morgan fingerprint density at radius 2 is 1.95 bits per heavy atom. The van der Waals surface area contributed by atoms with Gasteiger partial charge in [0.25, 0.3) is 0 Å². The summed E-state index contributed by atoms with van der Waals surface area (Å²) in [6.45, 7) is 0.362. The third kappa shape index (κ3) is 2.50. The van der Waals surface area contributed by atoms with Crippen LogP contribution in [0.1, 0.15) is 5.69 Å². The van der Waals surface area contributed by atoms with Gasteiger partial charge in [0, 0.05) is 24.2 Å². The van der Waals surface area contributed by atoms with E-state index in [2.05, 4.69) is 5.10 Å². The number of nitrogens with zero attached hydrogens (tertiary/aromatic N) is 2. The highest BCUT2D eigenvalue weighted by Crippen LogP contribution is 2.30. The summed E-state index contributed by atoms with van der Waals surface area (Å²) < 4.78 is 13.0. The highest BCUT2D eigenvalue weighted by Gasteiger charge is 2.10. The number of fused-ring (bicyclic) bond motifs is 1. The molecule has 3 aromatic rings. The van der Waals surface area contributed by atoms with Gasteiger partial charge in [-0.1, -0.05) is 18.2 Å². The van der Waals surface area contributed by atoms with Crippen molar-refractivity contribution in [2.24, 2.45) is 7.05 Å². The SMILES string of the molecule is COc1ccc(N)cc1OCc1nn(C)c2ccccc12. The molecule has 0 amide bonds. The second kappa shape index (κ2) is 5.36.